The maximum absolute atomic E-state index is 5.92. The number of hydrogen-bond donors (Lipinski definition) is 1. The number of ether oxygens (including phenoxy) is 1. The molecule has 1 atom stereocenters. The molecule has 0 aromatic heterocycles. The number of hydrogen-bond acceptors (Lipinski definition) is 2. The molecule has 88 valence electrons. The first-order valence-electron chi connectivity index (χ1n) is 6.11. The average molecular weight is 219 g/mol. The van der Waals surface area contributed by atoms with Crippen molar-refractivity contribution in [2.45, 2.75) is 39.7 Å². The van der Waals surface area contributed by atoms with Crippen molar-refractivity contribution in [1.82, 2.24) is 5.32 Å². The van der Waals surface area contributed by atoms with Crippen LogP contribution in [-0.4, -0.2) is 19.2 Å². The molecule has 0 bridgehead atoms. The molecule has 16 heavy (non-hydrogen) atoms. The Bertz CT molecular complexity index is 367. The molecule has 0 aliphatic carbocycles. The fourth-order valence-corrected chi connectivity index (χ4v) is 2.24. The van der Waals surface area contributed by atoms with Crippen molar-refractivity contribution in [2.75, 3.05) is 13.2 Å². The van der Waals surface area contributed by atoms with Gasteiger partial charge in [-0.1, -0.05) is 6.07 Å². The summed E-state index contributed by atoms with van der Waals surface area (Å²) in [4.78, 5) is 0. The smallest absolute Gasteiger partial charge is 0.122 e. The van der Waals surface area contributed by atoms with Crippen LogP contribution in [0.25, 0.3) is 0 Å². The average Bonchev–Trinajstić information content (AvgIpc) is 2.74. The fraction of sp³-hybridized carbons (Fsp3) is 0.571. The van der Waals surface area contributed by atoms with Crippen molar-refractivity contribution in [2.24, 2.45) is 0 Å². The summed E-state index contributed by atoms with van der Waals surface area (Å²) in [6.45, 7) is 8.33. The highest BCUT2D eigenvalue weighted by molar-refractivity contribution is 5.41. The van der Waals surface area contributed by atoms with Crippen LogP contribution in [0, 0.1) is 20.8 Å². The van der Waals surface area contributed by atoms with Gasteiger partial charge >= 0.3 is 0 Å². The van der Waals surface area contributed by atoms with Crippen molar-refractivity contribution in [3.8, 4) is 5.75 Å². The van der Waals surface area contributed by atoms with Crippen LogP contribution in [-0.2, 0) is 0 Å². The zero-order chi connectivity index (χ0) is 11.5. The van der Waals surface area contributed by atoms with Gasteiger partial charge in [0.05, 0.1) is 0 Å². The maximum Gasteiger partial charge on any atom is 0.122 e. The van der Waals surface area contributed by atoms with Crippen LogP contribution in [0.3, 0.4) is 0 Å². The van der Waals surface area contributed by atoms with Gasteiger partial charge in [0.15, 0.2) is 0 Å². The summed E-state index contributed by atoms with van der Waals surface area (Å²) in [7, 11) is 0. The van der Waals surface area contributed by atoms with E-state index >= 15 is 0 Å². The third kappa shape index (κ3) is 2.56. The van der Waals surface area contributed by atoms with Crippen LogP contribution in [0.5, 0.6) is 5.75 Å². The van der Waals surface area contributed by atoms with Gasteiger partial charge in [-0.15, -0.1) is 0 Å². The highest BCUT2D eigenvalue weighted by Crippen LogP contribution is 2.23. The van der Waals surface area contributed by atoms with E-state index in [1.807, 2.05) is 0 Å². The molecule has 2 nitrogen and oxygen atoms in total. The molecule has 1 fully saturated rings. The van der Waals surface area contributed by atoms with Gasteiger partial charge in [-0.05, 0) is 62.9 Å². The third-order valence-corrected chi connectivity index (χ3v) is 3.37. The van der Waals surface area contributed by atoms with E-state index in [0.29, 0.717) is 6.04 Å². The Hall–Kier alpha value is -1.02. The second-order valence-electron chi connectivity index (χ2n) is 4.81. The monoisotopic (exact) mass is 219 g/mol. The molecule has 1 unspecified atom stereocenters. The first-order valence-corrected chi connectivity index (χ1v) is 6.11. The van der Waals surface area contributed by atoms with Crippen LogP contribution in [0.1, 0.15) is 29.5 Å². The molecule has 0 saturated carbocycles. The van der Waals surface area contributed by atoms with E-state index < -0.39 is 0 Å². The summed E-state index contributed by atoms with van der Waals surface area (Å²) in [6.07, 6.45) is 2.52. The van der Waals surface area contributed by atoms with Crippen molar-refractivity contribution in [3.05, 3.63) is 28.8 Å². The van der Waals surface area contributed by atoms with Gasteiger partial charge in [0.1, 0.15) is 12.4 Å². The Balaban J connectivity index is 2.02. The Morgan fingerprint density at radius 1 is 1.31 bits per heavy atom. The molecule has 1 N–H and O–H groups in total. The Kier molecular flexibility index (Phi) is 3.49. The van der Waals surface area contributed by atoms with Gasteiger partial charge in [-0.2, -0.15) is 0 Å². The molecular formula is C14H21NO. The molecule has 1 aromatic carbocycles. The van der Waals surface area contributed by atoms with E-state index in [4.69, 9.17) is 4.74 Å². The zero-order valence-corrected chi connectivity index (χ0v) is 10.5. The Morgan fingerprint density at radius 2 is 2.12 bits per heavy atom. The van der Waals surface area contributed by atoms with E-state index in [2.05, 4.69) is 38.2 Å². The first kappa shape index (κ1) is 11.5. The predicted octanol–water partition coefficient (Wildman–Crippen LogP) is 2.74. The van der Waals surface area contributed by atoms with Crippen LogP contribution < -0.4 is 10.1 Å². The standard InChI is InChI=1S/C14H21NO/c1-10-7-11(2)12(3)14(8-10)16-9-13-5-4-6-15-13/h7-8,13,15H,4-6,9H2,1-3H3. The predicted molar refractivity (Wildman–Crippen MR) is 67.2 cm³/mol. The highest BCUT2D eigenvalue weighted by Gasteiger charge is 2.15. The molecule has 1 aliphatic heterocycles. The van der Waals surface area contributed by atoms with Gasteiger partial charge < -0.3 is 10.1 Å². The van der Waals surface area contributed by atoms with Gasteiger partial charge in [0, 0.05) is 6.04 Å². The molecule has 0 radical (unpaired) electrons. The summed E-state index contributed by atoms with van der Waals surface area (Å²) >= 11 is 0. The zero-order valence-electron chi connectivity index (χ0n) is 10.5. The topological polar surface area (TPSA) is 21.3 Å². The SMILES string of the molecule is Cc1cc(C)c(C)c(OCC2CCCN2)c1. The Labute approximate surface area is 98.0 Å². The number of rotatable bonds is 3. The minimum Gasteiger partial charge on any atom is -0.492 e. The van der Waals surface area contributed by atoms with Gasteiger partial charge in [-0.25, -0.2) is 0 Å². The van der Waals surface area contributed by atoms with E-state index in [0.717, 1.165) is 18.9 Å². The molecule has 2 rings (SSSR count). The quantitative estimate of drug-likeness (QED) is 0.844. The van der Waals surface area contributed by atoms with Gasteiger partial charge in [0.2, 0.25) is 0 Å². The molecule has 1 heterocycles. The first-order chi connectivity index (χ1) is 7.66. The molecule has 0 spiro atoms. The molecule has 0 amide bonds. The minimum atomic E-state index is 0.542. The summed E-state index contributed by atoms with van der Waals surface area (Å²) in [5.41, 5.74) is 3.86. The normalized spacial score (nSPS) is 20.1. The van der Waals surface area contributed by atoms with Crippen molar-refractivity contribution >= 4 is 0 Å². The Morgan fingerprint density at radius 3 is 2.81 bits per heavy atom. The molecule has 1 aliphatic rings. The lowest BCUT2D eigenvalue weighted by Gasteiger charge is -2.15. The number of nitrogens with one attached hydrogen (secondary N) is 1. The lowest BCUT2D eigenvalue weighted by molar-refractivity contribution is 0.275. The van der Waals surface area contributed by atoms with Gasteiger partial charge in [-0.3, -0.25) is 0 Å². The lowest BCUT2D eigenvalue weighted by atomic mass is 10.1. The van der Waals surface area contributed by atoms with Crippen LogP contribution >= 0.6 is 0 Å². The molecule has 1 aromatic rings. The number of aryl methyl sites for hydroxylation is 2. The van der Waals surface area contributed by atoms with E-state index in [-0.39, 0.29) is 0 Å². The summed E-state index contributed by atoms with van der Waals surface area (Å²) < 4.78 is 5.92. The fourth-order valence-electron chi connectivity index (χ4n) is 2.24. The summed E-state index contributed by atoms with van der Waals surface area (Å²) in [6, 6.07) is 4.88. The largest absolute Gasteiger partial charge is 0.492 e. The lowest BCUT2D eigenvalue weighted by Crippen LogP contribution is -2.28. The van der Waals surface area contributed by atoms with Crippen molar-refractivity contribution < 1.29 is 4.74 Å². The second-order valence-corrected chi connectivity index (χ2v) is 4.81. The van der Waals surface area contributed by atoms with Gasteiger partial charge in [0.25, 0.3) is 0 Å². The summed E-state index contributed by atoms with van der Waals surface area (Å²) in [5.74, 6) is 1.05. The van der Waals surface area contributed by atoms with E-state index in [9.17, 15) is 0 Å². The third-order valence-electron chi connectivity index (χ3n) is 3.37. The van der Waals surface area contributed by atoms with E-state index in [1.54, 1.807) is 0 Å². The van der Waals surface area contributed by atoms with Crippen molar-refractivity contribution in [3.63, 3.8) is 0 Å². The molecular weight excluding hydrogens is 198 g/mol. The minimum absolute atomic E-state index is 0.542. The maximum atomic E-state index is 5.92. The molecule has 1 saturated heterocycles. The van der Waals surface area contributed by atoms with Crippen LogP contribution in [0.4, 0.5) is 0 Å². The van der Waals surface area contributed by atoms with Crippen LogP contribution in [0.2, 0.25) is 0 Å². The van der Waals surface area contributed by atoms with E-state index in [1.165, 1.54) is 29.5 Å². The number of benzene rings is 1. The van der Waals surface area contributed by atoms with Crippen LogP contribution in [0.15, 0.2) is 12.1 Å². The molecule has 2 heteroatoms. The van der Waals surface area contributed by atoms with Crippen molar-refractivity contribution in [1.29, 1.82) is 0 Å². The highest BCUT2D eigenvalue weighted by atomic mass is 16.5. The second kappa shape index (κ2) is 4.88. The summed E-state index contributed by atoms with van der Waals surface area (Å²) in [5, 5.41) is 3.45.